The van der Waals surface area contributed by atoms with E-state index in [1.54, 1.807) is 28.6 Å². The Balaban J connectivity index is 2.11. The van der Waals surface area contributed by atoms with E-state index in [1.807, 2.05) is 0 Å². The largest absolute Gasteiger partial charge is 0.326 e. The smallest absolute Gasteiger partial charge is 0.243 e. The molecule has 0 aliphatic carbocycles. The number of benzene rings is 1. The number of hydrogen-bond acceptors (Lipinski definition) is 4. The molecule has 0 spiro atoms. The van der Waals surface area contributed by atoms with Crippen LogP contribution in [0.3, 0.4) is 0 Å². The number of nitrogens with zero attached hydrogens (tertiary/aromatic N) is 2. The third kappa shape index (κ3) is 3.63. The van der Waals surface area contributed by atoms with Crippen LogP contribution >= 0.6 is 0 Å². The van der Waals surface area contributed by atoms with Crippen molar-refractivity contribution < 1.29 is 8.42 Å². The molecule has 1 aliphatic rings. The summed E-state index contributed by atoms with van der Waals surface area (Å²) in [6.45, 7) is 9.50. The lowest BCUT2D eigenvalue weighted by Gasteiger charge is -2.41. The van der Waals surface area contributed by atoms with Gasteiger partial charge in [-0.25, -0.2) is 8.42 Å². The maximum atomic E-state index is 12.6. The first-order valence-electron chi connectivity index (χ1n) is 7.29. The molecule has 118 valence electrons. The summed E-state index contributed by atoms with van der Waals surface area (Å²) in [5.74, 6) is 0. The summed E-state index contributed by atoms with van der Waals surface area (Å²) in [6.07, 6.45) is 0. The Bertz CT molecular complexity index is 568. The van der Waals surface area contributed by atoms with Crippen LogP contribution in [0.1, 0.15) is 26.3 Å². The Morgan fingerprint density at radius 3 is 2.00 bits per heavy atom. The van der Waals surface area contributed by atoms with Gasteiger partial charge in [-0.3, -0.25) is 4.90 Å². The first-order valence-corrected chi connectivity index (χ1v) is 8.73. The minimum Gasteiger partial charge on any atom is -0.326 e. The predicted octanol–water partition coefficient (Wildman–Crippen LogP) is 1.25. The van der Waals surface area contributed by atoms with Gasteiger partial charge in [0.15, 0.2) is 0 Å². The van der Waals surface area contributed by atoms with Crippen LogP contribution in [-0.2, 0) is 16.6 Å². The molecule has 1 aliphatic heterocycles. The van der Waals surface area contributed by atoms with Crippen molar-refractivity contribution in [2.24, 2.45) is 5.73 Å². The maximum Gasteiger partial charge on any atom is 0.243 e. The summed E-state index contributed by atoms with van der Waals surface area (Å²) >= 11 is 0. The van der Waals surface area contributed by atoms with Gasteiger partial charge in [-0.15, -0.1) is 0 Å². The van der Waals surface area contributed by atoms with Gasteiger partial charge in [-0.05, 0) is 38.5 Å². The third-order valence-corrected chi connectivity index (χ3v) is 5.90. The molecular formula is C15H25N3O2S. The van der Waals surface area contributed by atoms with Crippen LogP contribution in [0.25, 0.3) is 0 Å². The standard InChI is InChI=1S/C15H25N3O2S/c1-15(2,3)17-8-10-18(11-9-17)21(19,20)14-6-4-13(12-16)5-7-14/h4-7H,8-12,16H2,1-3H3. The fraction of sp³-hybridized carbons (Fsp3) is 0.600. The summed E-state index contributed by atoms with van der Waals surface area (Å²) in [7, 11) is -3.39. The summed E-state index contributed by atoms with van der Waals surface area (Å²) in [5, 5.41) is 0. The monoisotopic (exact) mass is 311 g/mol. The van der Waals surface area contributed by atoms with Gasteiger partial charge in [0.1, 0.15) is 0 Å². The molecule has 2 N–H and O–H groups in total. The topological polar surface area (TPSA) is 66.6 Å². The molecule has 1 aromatic carbocycles. The first kappa shape index (κ1) is 16.4. The quantitative estimate of drug-likeness (QED) is 0.912. The van der Waals surface area contributed by atoms with Crippen LogP contribution in [-0.4, -0.2) is 49.3 Å². The van der Waals surface area contributed by atoms with Crippen molar-refractivity contribution in [1.29, 1.82) is 0 Å². The highest BCUT2D eigenvalue weighted by atomic mass is 32.2. The van der Waals surface area contributed by atoms with Gasteiger partial charge in [-0.1, -0.05) is 12.1 Å². The minimum absolute atomic E-state index is 0.0820. The third-order valence-electron chi connectivity index (χ3n) is 3.98. The number of hydrogen-bond donors (Lipinski definition) is 1. The highest BCUT2D eigenvalue weighted by Gasteiger charge is 2.31. The van der Waals surface area contributed by atoms with Crippen molar-refractivity contribution in [3.63, 3.8) is 0 Å². The zero-order valence-electron chi connectivity index (χ0n) is 13.0. The zero-order chi connectivity index (χ0) is 15.7. The van der Waals surface area contributed by atoms with E-state index in [0.29, 0.717) is 24.5 Å². The van der Waals surface area contributed by atoms with Gasteiger partial charge in [0.05, 0.1) is 4.90 Å². The van der Waals surface area contributed by atoms with Gasteiger partial charge in [0.2, 0.25) is 10.0 Å². The molecule has 0 bridgehead atoms. The van der Waals surface area contributed by atoms with E-state index in [-0.39, 0.29) is 5.54 Å². The highest BCUT2D eigenvalue weighted by molar-refractivity contribution is 7.89. The predicted molar refractivity (Wildman–Crippen MR) is 84.4 cm³/mol. The van der Waals surface area contributed by atoms with Crippen LogP contribution < -0.4 is 5.73 Å². The normalized spacial score (nSPS) is 18.9. The second-order valence-electron chi connectivity index (χ2n) is 6.41. The summed E-state index contributed by atoms with van der Waals surface area (Å²) in [4.78, 5) is 2.67. The van der Waals surface area contributed by atoms with E-state index >= 15 is 0 Å². The molecule has 1 aromatic rings. The van der Waals surface area contributed by atoms with Gasteiger partial charge < -0.3 is 5.73 Å². The van der Waals surface area contributed by atoms with Crippen LogP contribution in [0.15, 0.2) is 29.2 Å². The molecule has 2 rings (SSSR count). The number of rotatable bonds is 3. The van der Waals surface area contributed by atoms with E-state index < -0.39 is 10.0 Å². The SMILES string of the molecule is CC(C)(C)N1CCN(S(=O)(=O)c2ccc(CN)cc2)CC1. The van der Waals surface area contributed by atoms with Crippen molar-refractivity contribution in [1.82, 2.24) is 9.21 Å². The molecule has 6 heteroatoms. The maximum absolute atomic E-state index is 12.6. The van der Waals surface area contributed by atoms with E-state index in [9.17, 15) is 8.42 Å². The molecule has 0 radical (unpaired) electrons. The van der Waals surface area contributed by atoms with E-state index in [1.165, 1.54) is 0 Å². The fourth-order valence-corrected chi connectivity index (χ4v) is 3.97. The Kier molecular flexibility index (Phi) is 4.72. The van der Waals surface area contributed by atoms with E-state index in [0.717, 1.165) is 18.7 Å². The van der Waals surface area contributed by atoms with Crippen molar-refractivity contribution in [2.45, 2.75) is 37.8 Å². The Hall–Kier alpha value is -0.950. The molecule has 0 saturated carbocycles. The molecule has 1 fully saturated rings. The van der Waals surface area contributed by atoms with Crippen LogP contribution in [0.2, 0.25) is 0 Å². The highest BCUT2D eigenvalue weighted by Crippen LogP contribution is 2.21. The van der Waals surface area contributed by atoms with Gasteiger partial charge >= 0.3 is 0 Å². The molecule has 1 saturated heterocycles. The Morgan fingerprint density at radius 2 is 1.57 bits per heavy atom. The lowest BCUT2D eigenvalue weighted by Crippen LogP contribution is -2.54. The van der Waals surface area contributed by atoms with E-state index in [2.05, 4.69) is 25.7 Å². The number of sulfonamides is 1. The average molecular weight is 311 g/mol. The molecule has 21 heavy (non-hydrogen) atoms. The van der Waals surface area contributed by atoms with Gasteiger partial charge in [-0.2, -0.15) is 4.31 Å². The first-order chi connectivity index (χ1) is 9.75. The van der Waals surface area contributed by atoms with Crippen LogP contribution in [0, 0.1) is 0 Å². The van der Waals surface area contributed by atoms with Crippen molar-refractivity contribution >= 4 is 10.0 Å². The molecule has 0 aromatic heterocycles. The minimum atomic E-state index is -3.39. The molecule has 1 heterocycles. The van der Waals surface area contributed by atoms with Crippen LogP contribution in [0.4, 0.5) is 0 Å². The average Bonchev–Trinajstić information content (AvgIpc) is 2.46. The fourth-order valence-electron chi connectivity index (χ4n) is 2.55. The lowest BCUT2D eigenvalue weighted by molar-refractivity contribution is 0.0922. The lowest BCUT2D eigenvalue weighted by atomic mass is 10.1. The van der Waals surface area contributed by atoms with Gasteiger partial charge in [0, 0.05) is 38.3 Å². The molecule has 0 amide bonds. The number of nitrogens with two attached hydrogens (primary N) is 1. The van der Waals surface area contributed by atoms with Crippen molar-refractivity contribution in [3.05, 3.63) is 29.8 Å². The Morgan fingerprint density at radius 1 is 1.05 bits per heavy atom. The summed E-state index contributed by atoms with van der Waals surface area (Å²) in [5.41, 5.74) is 6.56. The van der Waals surface area contributed by atoms with Crippen molar-refractivity contribution in [2.75, 3.05) is 26.2 Å². The van der Waals surface area contributed by atoms with Crippen LogP contribution in [0.5, 0.6) is 0 Å². The summed E-state index contributed by atoms with van der Waals surface area (Å²) < 4.78 is 26.8. The molecule has 5 nitrogen and oxygen atoms in total. The second kappa shape index (κ2) is 6.04. The molecule has 0 atom stereocenters. The molecular weight excluding hydrogens is 286 g/mol. The zero-order valence-corrected chi connectivity index (χ0v) is 13.9. The van der Waals surface area contributed by atoms with Gasteiger partial charge in [0.25, 0.3) is 0 Å². The van der Waals surface area contributed by atoms with E-state index in [4.69, 9.17) is 5.73 Å². The van der Waals surface area contributed by atoms with Crippen molar-refractivity contribution in [3.8, 4) is 0 Å². The molecule has 0 unspecified atom stereocenters. The number of piperazine rings is 1. The summed E-state index contributed by atoms with van der Waals surface area (Å²) in [6, 6.07) is 6.85. The second-order valence-corrected chi connectivity index (χ2v) is 8.35. The Labute approximate surface area is 127 Å².